The smallest absolute Gasteiger partial charge is 0.221 e. The van der Waals surface area contributed by atoms with E-state index >= 15 is 0 Å². The first kappa shape index (κ1) is 47.0. The van der Waals surface area contributed by atoms with Crippen molar-refractivity contribution in [2.24, 2.45) is 0 Å². The Morgan fingerprint density at radius 2 is 0.965 bits per heavy atom. The maximum absolute atomic E-state index is 14.0. The highest BCUT2D eigenvalue weighted by molar-refractivity contribution is 6.74. The van der Waals surface area contributed by atoms with E-state index in [2.05, 4.69) is 33.9 Å². The van der Waals surface area contributed by atoms with E-state index in [9.17, 15) is 4.79 Å². The van der Waals surface area contributed by atoms with Crippen LogP contribution in [0, 0.1) is 0 Å². The van der Waals surface area contributed by atoms with Gasteiger partial charge >= 0.3 is 0 Å². The molecule has 8 heteroatoms. The number of Topliss-reactive ketones (excluding diaryl/α,β-unsaturated/α-hetero) is 1. The maximum atomic E-state index is 14.0. The molecule has 1 aliphatic heterocycles. The summed E-state index contributed by atoms with van der Waals surface area (Å²) in [6.07, 6.45) is 14.4. The molecule has 7 nitrogen and oxygen atoms in total. The molecular weight excluding hydrogens is 729 g/mol. The molecule has 4 rings (SSSR count). The summed E-state index contributed by atoms with van der Waals surface area (Å²) in [5, 5.41) is 0.301. The van der Waals surface area contributed by atoms with Crippen molar-refractivity contribution in [3.63, 3.8) is 0 Å². The average Bonchev–Trinajstić information content (AvgIpc) is 3.21. The van der Waals surface area contributed by atoms with Gasteiger partial charge in [-0.1, -0.05) is 189 Å². The van der Waals surface area contributed by atoms with Crippen molar-refractivity contribution < 1.29 is 32.9 Å². The largest absolute Gasteiger partial charge is 0.417 e. The topological polar surface area (TPSA) is 72.5 Å². The molecule has 4 atom stereocenters. The van der Waals surface area contributed by atoms with Gasteiger partial charge in [-0.3, -0.25) is 4.79 Å². The number of hydrogen-bond donors (Lipinski definition) is 0. The number of carbonyl (C=O) groups is 1. The summed E-state index contributed by atoms with van der Waals surface area (Å²) in [6.45, 7) is 14.3. The van der Waals surface area contributed by atoms with Gasteiger partial charge in [0.1, 0.15) is 12.2 Å². The number of rotatable bonds is 29. The highest BCUT2D eigenvalue weighted by atomic mass is 28.4. The number of carbonyl (C=O) groups excluding carboxylic acids is 1. The first-order valence-corrected chi connectivity index (χ1v) is 24.9. The summed E-state index contributed by atoms with van der Waals surface area (Å²) >= 11 is 0. The molecule has 0 spiro atoms. The van der Waals surface area contributed by atoms with Crippen LogP contribution < -0.4 is 0 Å². The molecular formula is C49H74O7Si. The van der Waals surface area contributed by atoms with E-state index in [1.807, 2.05) is 91.0 Å². The summed E-state index contributed by atoms with van der Waals surface area (Å²) in [5.74, 6) is -0.241. The van der Waals surface area contributed by atoms with Crippen LogP contribution >= 0.6 is 0 Å². The zero-order valence-electron chi connectivity index (χ0n) is 36.0. The van der Waals surface area contributed by atoms with Gasteiger partial charge in [0, 0.05) is 6.61 Å². The van der Waals surface area contributed by atoms with E-state index < -0.39 is 32.9 Å². The Balaban J connectivity index is 1.14. The van der Waals surface area contributed by atoms with Gasteiger partial charge in [-0.25, -0.2) is 0 Å². The highest BCUT2D eigenvalue weighted by Crippen LogP contribution is 2.36. The summed E-state index contributed by atoms with van der Waals surface area (Å²) in [5.41, 5.74) is 3.06. The van der Waals surface area contributed by atoms with Gasteiger partial charge in [-0.2, -0.15) is 0 Å². The SMILES string of the molecule is CC(C)(C)[Si](C)(C)OCCCCCCCCCCCCCCCCO[C@@H]1O[C@H](COCc2ccccc2)[C@@H](OCc2ccccc2)[C@H](OCc2ccccc2)C1=O. The molecule has 3 aromatic rings. The fourth-order valence-corrected chi connectivity index (χ4v) is 7.96. The highest BCUT2D eigenvalue weighted by Gasteiger charge is 2.47. The van der Waals surface area contributed by atoms with E-state index in [1.165, 1.54) is 77.0 Å². The van der Waals surface area contributed by atoms with Gasteiger partial charge in [-0.15, -0.1) is 0 Å². The minimum atomic E-state index is -1.59. The molecule has 1 heterocycles. The number of benzene rings is 3. The normalized spacial score (nSPS) is 18.9. The molecule has 0 radical (unpaired) electrons. The van der Waals surface area contributed by atoms with Crippen LogP contribution in [-0.2, 0) is 52.7 Å². The van der Waals surface area contributed by atoms with Crippen LogP contribution in [0.4, 0.5) is 0 Å². The Labute approximate surface area is 346 Å². The maximum Gasteiger partial charge on any atom is 0.221 e. The van der Waals surface area contributed by atoms with Crippen molar-refractivity contribution in [2.45, 2.75) is 173 Å². The molecule has 3 aromatic carbocycles. The summed E-state index contributed by atoms with van der Waals surface area (Å²) in [7, 11) is -1.59. The van der Waals surface area contributed by atoms with Crippen LogP contribution in [-0.4, -0.2) is 58.5 Å². The molecule has 0 amide bonds. The lowest BCUT2D eigenvalue weighted by atomic mass is 9.99. The lowest BCUT2D eigenvalue weighted by molar-refractivity contribution is -0.258. The van der Waals surface area contributed by atoms with Gasteiger partial charge in [0.25, 0.3) is 0 Å². The summed E-state index contributed by atoms with van der Waals surface area (Å²) < 4.78 is 37.8. The second-order valence-corrected chi connectivity index (χ2v) is 22.1. The zero-order valence-corrected chi connectivity index (χ0v) is 37.0. The third kappa shape index (κ3) is 18.0. The first-order valence-electron chi connectivity index (χ1n) is 22.0. The number of unbranched alkanes of at least 4 members (excludes halogenated alkanes) is 13. The minimum absolute atomic E-state index is 0.236. The Bertz CT molecular complexity index is 1460. The average molecular weight is 803 g/mol. The predicted octanol–water partition coefficient (Wildman–Crippen LogP) is 12.2. The van der Waals surface area contributed by atoms with Crippen LogP contribution in [0.5, 0.6) is 0 Å². The number of ether oxygens (including phenoxy) is 5. The molecule has 1 fully saturated rings. The van der Waals surface area contributed by atoms with Crippen molar-refractivity contribution in [1.82, 2.24) is 0 Å². The van der Waals surface area contributed by atoms with Crippen LogP contribution in [0.1, 0.15) is 127 Å². The molecule has 0 N–H and O–H groups in total. The third-order valence-corrected chi connectivity index (χ3v) is 16.0. The van der Waals surface area contributed by atoms with Crippen LogP contribution in [0.3, 0.4) is 0 Å². The number of hydrogen-bond acceptors (Lipinski definition) is 7. The van der Waals surface area contributed by atoms with E-state index in [-0.39, 0.29) is 19.0 Å². The van der Waals surface area contributed by atoms with E-state index in [4.69, 9.17) is 28.1 Å². The minimum Gasteiger partial charge on any atom is -0.417 e. The molecule has 1 saturated heterocycles. The van der Waals surface area contributed by atoms with Gasteiger partial charge in [0.15, 0.2) is 14.4 Å². The molecule has 1 aliphatic rings. The Morgan fingerprint density at radius 3 is 1.44 bits per heavy atom. The van der Waals surface area contributed by atoms with Crippen molar-refractivity contribution in [2.75, 3.05) is 19.8 Å². The van der Waals surface area contributed by atoms with Crippen molar-refractivity contribution >= 4 is 14.1 Å². The summed E-state index contributed by atoms with van der Waals surface area (Å²) in [4.78, 5) is 14.0. The first-order chi connectivity index (χ1) is 27.6. The second kappa shape index (κ2) is 26.4. The fraction of sp³-hybridized carbons (Fsp3) is 0.612. The van der Waals surface area contributed by atoms with Gasteiger partial charge in [0.2, 0.25) is 12.1 Å². The quantitative estimate of drug-likeness (QED) is 0.0511. The predicted molar refractivity (Wildman–Crippen MR) is 234 cm³/mol. The standard InChI is InChI=1S/C49H74O7Si/c1-49(2,3)57(4,5)55-36-28-17-15-13-11-9-7-6-8-10-12-14-16-27-35-52-48-45(50)47(54-39-43-33-25-20-26-34-43)46(53-38-42-31-23-19-24-32-42)44(56-48)40-51-37-41-29-21-18-22-30-41/h18-26,29-34,44,46-48H,6-17,27-28,35-40H2,1-5H3/t44-,46-,47-,48-/m1/s1. The van der Waals surface area contributed by atoms with Gasteiger partial charge < -0.3 is 28.1 Å². The van der Waals surface area contributed by atoms with Crippen LogP contribution in [0.2, 0.25) is 18.1 Å². The van der Waals surface area contributed by atoms with Gasteiger partial charge in [0.05, 0.1) is 33.0 Å². The number of ketones is 1. The molecule has 0 unspecified atom stereocenters. The Hall–Kier alpha value is -2.69. The monoisotopic (exact) mass is 803 g/mol. The third-order valence-electron chi connectivity index (χ3n) is 11.5. The zero-order chi connectivity index (χ0) is 40.6. The van der Waals surface area contributed by atoms with E-state index in [0.29, 0.717) is 24.9 Å². The Morgan fingerprint density at radius 1 is 0.544 bits per heavy atom. The molecule has 316 valence electrons. The van der Waals surface area contributed by atoms with Crippen molar-refractivity contribution in [3.05, 3.63) is 108 Å². The molecule has 0 saturated carbocycles. The van der Waals surface area contributed by atoms with Crippen molar-refractivity contribution in [3.8, 4) is 0 Å². The molecule has 0 aromatic heterocycles. The summed E-state index contributed by atoms with van der Waals surface area (Å²) in [6, 6.07) is 29.9. The van der Waals surface area contributed by atoms with E-state index in [1.54, 1.807) is 0 Å². The second-order valence-electron chi connectivity index (χ2n) is 17.3. The van der Waals surface area contributed by atoms with Crippen LogP contribution in [0.25, 0.3) is 0 Å². The Kier molecular flexibility index (Phi) is 21.8. The lowest BCUT2D eigenvalue weighted by Crippen LogP contribution is -2.59. The fourth-order valence-electron chi connectivity index (χ4n) is 6.88. The van der Waals surface area contributed by atoms with Crippen LogP contribution in [0.15, 0.2) is 91.0 Å². The lowest BCUT2D eigenvalue weighted by Gasteiger charge is -2.40. The molecule has 57 heavy (non-hydrogen) atoms. The molecule has 0 bridgehead atoms. The molecule has 0 aliphatic carbocycles. The van der Waals surface area contributed by atoms with E-state index in [0.717, 1.165) is 36.1 Å². The van der Waals surface area contributed by atoms with Crippen molar-refractivity contribution in [1.29, 1.82) is 0 Å². The van der Waals surface area contributed by atoms with Gasteiger partial charge in [-0.05, 0) is 47.7 Å².